The van der Waals surface area contributed by atoms with Crippen molar-refractivity contribution in [2.75, 3.05) is 11.9 Å². The summed E-state index contributed by atoms with van der Waals surface area (Å²) >= 11 is 0. The van der Waals surface area contributed by atoms with Crippen LogP contribution in [0.2, 0.25) is 0 Å². The Balaban J connectivity index is 1.99. The zero-order valence-electron chi connectivity index (χ0n) is 11.3. The van der Waals surface area contributed by atoms with Gasteiger partial charge in [0.25, 0.3) is 0 Å². The summed E-state index contributed by atoms with van der Waals surface area (Å²) < 4.78 is 13.5. The first kappa shape index (κ1) is 12.9. The van der Waals surface area contributed by atoms with E-state index < -0.39 is 0 Å². The number of Topliss-reactive ketones (excluding diaryl/α,β-unsaturated/α-hetero) is 1. The van der Waals surface area contributed by atoms with Crippen LogP contribution >= 0.6 is 0 Å². The Morgan fingerprint density at radius 3 is 2.85 bits per heavy atom. The van der Waals surface area contributed by atoms with E-state index >= 15 is 0 Å². The van der Waals surface area contributed by atoms with Gasteiger partial charge >= 0.3 is 0 Å². The number of hydrogen-bond donors (Lipinski definition) is 1. The van der Waals surface area contributed by atoms with E-state index in [9.17, 15) is 9.18 Å². The molecular weight excluding hydrogens is 253 g/mol. The molecule has 1 aliphatic heterocycles. The predicted octanol–water partition coefficient (Wildman–Crippen LogP) is 3.92. The maximum Gasteiger partial charge on any atom is 0.170 e. The first-order valence-electron chi connectivity index (χ1n) is 6.79. The van der Waals surface area contributed by atoms with Gasteiger partial charge in [0.15, 0.2) is 5.78 Å². The molecule has 102 valence electrons. The Kier molecular flexibility index (Phi) is 3.26. The highest BCUT2D eigenvalue weighted by molar-refractivity contribution is 6.02. The van der Waals surface area contributed by atoms with Gasteiger partial charge in [-0.25, -0.2) is 4.39 Å². The minimum Gasteiger partial charge on any atom is -0.385 e. The molecule has 0 saturated carbocycles. The van der Waals surface area contributed by atoms with Crippen molar-refractivity contribution in [1.82, 2.24) is 0 Å². The summed E-state index contributed by atoms with van der Waals surface area (Å²) in [6, 6.07) is 12.4. The lowest BCUT2D eigenvalue weighted by atomic mass is 9.84. The van der Waals surface area contributed by atoms with Gasteiger partial charge in [0.1, 0.15) is 5.82 Å². The number of hydrogen-bond acceptors (Lipinski definition) is 2. The number of rotatable bonds is 2. The minimum atomic E-state index is -0.351. The second kappa shape index (κ2) is 5.08. The highest BCUT2D eigenvalue weighted by Crippen LogP contribution is 2.33. The second-order valence-electron chi connectivity index (χ2n) is 5.24. The van der Waals surface area contributed by atoms with Gasteiger partial charge in [0.2, 0.25) is 0 Å². The number of halogens is 1. The van der Waals surface area contributed by atoms with Gasteiger partial charge < -0.3 is 5.32 Å². The highest BCUT2D eigenvalue weighted by atomic mass is 19.1. The Labute approximate surface area is 117 Å². The molecule has 2 aromatic carbocycles. The molecule has 1 heterocycles. The first-order valence-corrected chi connectivity index (χ1v) is 6.79. The van der Waals surface area contributed by atoms with E-state index in [-0.39, 0.29) is 17.5 Å². The van der Waals surface area contributed by atoms with Crippen LogP contribution in [0, 0.1) is 12.7 Å². The van der Waals surface area contributed by atoms with E-state index in [1.54, 1.807) is 13.0 Å². The van der Waals surface area contributed by atoms with Crippen LogP contribution in [-0.2, 0) is 0 Å². The number of benzene rings is 2. The van der Waals surface area contributed by atoms with Crippen molar-refractivity contribution in [2.24, 2.45) is 0 Å². The van der Waals surface area contributed by atoms with Crippen molar-refractivity contribution in [3.05, 3.63) is 65.0 Å². The predicted molar refractivity (Wildman–Crippen MR) is 77.8 cm³/mol. The lowest BCUT2D eigenvalue weighted by molar-refractivity contribution is 0.0955. The normalized spacial score (nSPS) is 17.2. The largest absolute Gasteiger partial charge is 0.385 e. The zero-order valence-corrected chi connectivity index (χ0v) is 11.3. The van der Waals surface area contributed by atoms with Crippen LogP contribution in [0.4, 0.5) is 10.1 Å². The van der Waals surface area contributed by atoms with Crippen molar-refractivity contribution in [3.8, 4) is 0 Å². The van der Waals surface area contributed by atoms with Crippen LogP contribution in [0.1, 0.15) is 33.8 Å². The molecule has 2 nitrogen and oxygen atoms in total. The third-order valence-electron chi connectivity index (χ3n) is 3.73. The van der Waals surface area contributed by atoms with Crippen molar-refractivity contribution in [2.45, 2.75) is 19.3 Å². The summed E-state index contributed by atoms with van der Waals surface area (Å²) in [5, 5.41) is 3.30. The molecule has 0 amide bonds. The molecule has 3 rings (SSSR count). The lowest BCUT2D eigenvalue weighted by Crippen LogP contribution is -2.23. The SMILES string of the molecule is Cc1cc(F)cc(C(=O)C2CCNc3ccccc32)c1. The number of aryl methyl sites for hydroxylation is 1. The van der Waals surface area contributed by atoms with Crippen LogP contribution < -0.4 is 5.32 Å². The molecule has 20 heavy (non-hydrogen) atoms. The number of ketones is 1. The van der Waals surface area contributed by atoms with Gasteiger partial charge in [-0.1, -0.05) is 18.2 Å². The summed E-state index contributed by atoms with van der Waals surface area (Å²) in [5.41, 5.74) is 3.25. The molecule has 0 radical (unpaired) electrons. The van der Waals surface area contributed by atoms with Gasteiger partial charge in [0, 0.05) is 17.8 Å². The summed E-state index contributed by atoms with van der Waals surface area (Å²) in [6.45, 7) is 2.57. The van der Waals surface area contributed by atoms with Crippen LogP contribution in [-0.4, -0.2) is 12.3 Å². The van der Waals surface area contributed by atoms with Crippen LogP contribution in [0.25, 0.3) is 0 Å². The lowest BCUT2D eigenvalue weighted by Gasteiger charge is -2.25. The van der Waals surface area contributed by atoms with E-state index in [2.05, 4.69) is 5.32 Å². The average Bonchev–Trinajstić information content (AvgIpc) is 2.45. The number of carbonyl (C=O) groups is 1. The van der Waals surface area contributed by atoms with Crippen molar-refractivity contribution in [3.63, 3.8) is 0 Å². The molecule has 0 aromatic heterocycles. The zero-order chi connectivity index (χ0) is 14.1. The molecule has 0 saturated heterocycles. The molecular formula is C17H16FNO. The molecule has 1 aliphatic rings. The van der Waals surface area contributed by atoms with E-state index in [1.165, 1.54) is 12.1 Å². The van der Waals surface area contributed by atoms with Gasteiger partial charge in [-0.3, -0.25) is 4.79 Å². The number of para-hydroxylation sites is 1. The molecule has 0 bridgehead atoms. The molecule has 0 aliphatic carbocycles. The highest BCUT2D eigenvalue weighted by Gasteiger charge is 2.27. The minimum absolute atomic E-state index is 0.00144. The monoisotopic (exact) mass is 269 g/mol. The van der Waals surface area contributed by atoms with Crippen LogP contribution in [0.3, 0.4) is 0 Å². The van der Waals surface area contributed by atoms with Crippen molar-refractivity contribution < 1.29 is 9.18 Å². The molecule has 1 unspecified atom stereocenters. The Morgan fingerprint density at radius 2 is 2.05 bits per heavy atom. The summed E-state index contributed by atoms with van der Waals surface area (Å²) in [7, 11) is 0. The molecule has 1 N–H and O–H groups in total. The second-order valence-corrected chi connectivity index (χ2v) is 5.24. The smallest absolute Gasteiger partial charge is 0.170 e. The number of fused-ring (bicyclic) bond motifs is 1. The maximum absolute atomic E-state index is 13.5. The number of anilines is 1. The van der Waals surface area contributed by atoms with E-state index in [4.69, 9.17) is 0 Å². The third-order valence-corrected chi connectivity index (χ3v) is 3.73. The Bertz CT molecular complexity index is 646. The van der Waals surface area contributed by atoms with Crippen molar-refractivity contribution >= 4 is 11.5 Å². The molecule has 0 spiro atoms. The quantitative estimate of drug-likeness (QED) is 0.837. The molecule has 0 fully saturated rings. The Hall–Kier alpha value is -2.16. The molecule has 2 aromatic rings. The summed E-state index contributed by atoms with van der Waals surface area (Å²) in [4.78, 5) is 12.7. The van der Waals surface area contributed by atoms with Gasteiger partial charge in [0.05, 0.1) is 5.92 Å². The molecule has 3 heteroatoms. The fraction of sp³-hybridized carbons (Fsp3) is 0.235. The molecule has 1 atom stereocenters. The topological polar surface area (TPSA) is 29.1 Å². The van der Waals surface area contributed by atoms with Gasteiger partial charge in [-0.2, -0.15) is 0 Å². The summed E-state index contributed by atoms with van der Waals surface area (Å²) in [5.74, 6) is -0.536. The number of carbonyl (C=O) groups excluding carboxylic acids is 1. The first-order chi connectivity index (χ1) is 9.65. The van der Waals surface area contributed by atoms with E-state index in [0.29, 0.717) is 5.56 Å². The maximum atomic E-state index is 13.5. The van der Waals surface area contributed by atoms with Crippen LogP contribution in [0.15, 0.2) is 42.5 Å². The van der Waals surface area contributed by atoms with E-state index in [1.807, 2.05) is 24.3 Å². The Morgan fingerprint density at radius 1 is 1.25 bits per heavy atom. The fourth-order valence-electron chi connectivity index (χ4n) is 2.82. The fourth-order valence-corrected chi connectivity index (χ4v) is 2.82. The van der Waals surface area contributed by atoms with Crippen LogP contribution in [0.5, 0.6) is 0 Å². The van der Waals surface area contributed by atoms with Gasteiger partial charge in [-0.05, 0) is 48.7 Å². The third kappa shape index (κ3) is 2.31. The standard InChI is InChI=1S/C17H16FNO/c1-11-8-12(10-13(18)9-11)17(20)15-6-7-19-16-5-3-2-4-14(15)16/h2-5,8-10,15,19H,6-7H2,1H3. The van der Waals surface area contributed by atoms with Crippen molar-refractivity contribution in [1.29, 1.82) is 0 Å². The summed E-state index contributed by atoms with van der Waals surface area (Å²) in [6.07, 6.45) is 0.741. The van der Waals surface area contributed by atoms with E-state index in [0.717, 1.165) is 29.8 Å². The van der Waals surface area contributed by atoms with Gasteiger partial charge in [-0.15, -0.1) is 0 Å². The average molecular weight is 269 g/mol. The number of nitrogens with one attached hydrogen (secondary N) is 1.